The molecule has 0 spiro atoms. The van der Waals surface area contributed by atoms with Crippen LogP contribution in [0.25, 0.3) is 0 Å². The van der Waals surface area contributed by atoms with Gasteiger partial charge in [-0.1, -0.05) is 0 Å². The largest absolute Gasteiger partial charge is 0.229 e. The second-order valence-electron chi connectivity index (χ2n) is 5.43. The summed E-state index contributed by atoms with van der Waals surface area (Å²) in [7, 11) is -0.786. The van der Waals surface area contributed by atoms with Crippen LogP contribution in [0.4, 0.5) is 0 Å². The number of nitriles is 2. The van der Waals surface area contributed by atoms with Gasteiger partial charge >= 0.3 is 98.1 Å². The van der Waals surface area contributed by atoms with E-state index < -0.39 is 7.26 Å². The van der Waals surface area contributed by atoms with E-state index in [0.717, 1.165) is 0 Å². The van der Waals surface area contributed by atoms with Gasteiger partial charge in [0.25, 0.3) is 0 Å². The fourth-order valence-electron chi connectivity index (χ4n) is 2.59. The average Bonchev–Trinajstić information content (AvgIpc) is 2.49. The maximum absolute atomic E-state index is 7.48. The van der Waals surface area contributed by atoms with Crippen molar-refractivity contribution in [3.8, 4) is 12.4 Å². The predicted octanol–water partition coefficient (Wildman–Crippen LogP) is 4.69. The fraction of sp³-hybridized carbons (Fsp3) is 0.875. The van der Waals surface area contributed by atoms with Gasteiger partial charge in [0.05, 0.1) is 0 Å². The van der Waals surface area contributed by atoms with E-state index in [1.807, 2.05) is 0 Å². The Hall–Kier alpha value is -0.790. The Morgan fingerprint density at radius 3 is 1.55 bits per heavy atom. The molecule has 0 saturated heterocycles. The molecule has 4 heteroatoms. The normalized spacial score (nSPS) is 10.7. The van der Waals surface area contributed by atoms with Crippen LogP contribution in [0.2, 0.25) is 0 Å². The van der Waals surface area contributed by atoms with Crippen molar-refractivity contribution in [3.63, 3.8) is 0 Å². The van der Waals surface area contributed by atoms with Gasteiger partial charge in [0.15, 0.2) is 12.4 Å². The molecule has 0 aromatic carbocycles. The summed E-state index contributed by atoms with van der Waals surface area (Å²) in [5, 5.41) is 16.7. The van der Waals surface area contributed by atoms with Crippen molar-refractivity contribution < 1.29 is 0 Å². The third-order valence-corrected chi connectivity index (χ3v) is 10.3. The van der Waals surface area contributed by atoms with Crippen molar-refractivity contribution in [2.75, 3.05) is 24.6 Å². The first-order chi connectivity index (χ1) is 9.66. The van der Waals surface area contributed by atoms with Gasteiger partial charge in [-0.3, -0.25) is 0 Å². The zero-order valence-electron chi connectivity index (χ0n) is 14.0. The van der Waals surface area contributed by atoms with E-state index in [4.69, 9.17) is 10.5 Å². The third kappa shape index (κ3) is 12.3. The van der Waals surface area contributed by atoms with Gasteiger partial charge in [-0.15, -0.1) is 0 Å². The molecule has 0 unspecified atom stereocenters. The van der Waals surface area contributed by atoms with E-state index in [2.05, 4.69) is 27.7 Å². The summed E-state index contributed by atoms with van der Waals surface area (Å²) in [6.07, 6.45) is 17.7. The predicted molar refractivity (Wildman–Crippen MR) is 92.5 cm³/mol. The molecule has 3 nitrogen and oxygen atoms in total. The first kappa shape index (κ1) is 21.5. The summed E-state index contributed by atoms with van der Waals surface area (Å²) < 4.78 is 0. The topological polar surface area (TPSA) is 59.6 Å². The minimum atomic E-state index is -0.786. The molecule has 0 heterocycles. The molecule has 0 radical (unpaired) electrons. The van der Waals surface area contributed by atoms with Crippen LogP contribution in [-0.2, 0) is 0 Å². The Morgan fingerprint density at radius 1 is 0.750 bits per heavy atom. The van der Waals surface area contributed by atoms with E-state index in [0.29, 0.717) is 0 Å². The molecule has 20 heavy (non-hydrogen) atoms. The van der Waals surface area contributed by atoms with Crippen LogP contribution in [0.1, 0.15) is 66.2 Å². The van der Waals surface area contributed by atoms with Gasteiger partial charge in [0, 0.05) is 0 Å². The second kappa shape index (κ2) is 16.3. The van der Waals surface area contributed by atoms with Crippen LogP contribution in [0.15, 0.2) is 0 Å². The molecular formula is C16H34N3P. The standard InChI is InChI=1S/C14H33P.C2HN3/c1-5-9-10-11-12-13-14-15(6-2,7-3)8-4;3-1-5-2-4/h15H,5-14H2,1-4H3;5H. The summed E-state index contributed by atoms with van der Waals surface area (Å²) >= 11 is 0. The molecule has 0 aliphatic carbocycles. The smallest absolute Gasteiger partial charge is 0.190 e. The average molecular weight is 299 g/mol. The van der Waals surface area contributed by atoms with Crippen LogP contribution in [0, 0.1) is 22.9 Å². The molecule has 0 aromatic heterocycles. The van der Waals surface area contributed by atoms with Crippen molar-refractivity contribution in [2.24, 2.45) is 0 Å². The zero-order chi connectivity index (χ0) is 15.7. The monoisotopic (exact) mass is 299 g/mol. The van der Waals surface area contributed by atoms with Crippen LogP contribution < -0.4 is 5.32 Å². The van der Waals surface area contributed by atoms with Gasteiger partial charge in [-0.2, -0.15) is 10.5 Å². The SMILES string of the molecule is CCCCCCCC[PH](CC)(CC)CC.N#CNC#N. The fourth-order valence-corrected chi connectivity index (χ4v) is 6.15. The van der Waals surface area contributed by atoms with Gasteiger partial charge in [-0.25, -0.2) is 5.32 Å². The molecule has 0 aliphatic rings. The second-order valence-corrected chi connectivity index (χ2v) is 11.0. The van der Waals surface area contributed by atoms with Gasteiger partial charge in [0.2, 0.25) is 0 Å². The molecule has 118 valence electrons. The van der Waals surface area contributed by atoms with E-state index in [1.165, 1.54) is 69.4 Å². The minimum absolute atomic E-state index is 0.786. The number of hydrogen-bond acceptors (Lipinski definition) is 3. The molecule has 0 fully saturated rings. The van der Waals surface area contributed by atoms with Crippen LogP contribution >= 0.6 is 7.26 Å². The summed E-state index contributed by atoms with van der Waals surface area (Å²) in [6.45, 7) is 9.58. The Morgan fingerprint density at radius 2 is 1.20 bits per heavy atom. The summed E-state index contributed by atoms with van der Waals surface area (Å²) in [5.74, 6) is 0. The van der Waals surface area contributed by atoms with E-state index in [1.54, 1.807) is 11.5 Å². The molecule has 0 aliphatic heterocycles. The maximum Gasteiger partial charge on any atom is 0.190 e. The number of rotatable bonds is 10. The molecular weight excluding hydrogens is 265 g/mol. The molecule has 0 atom stereocenters. The van der Waals surface area contributed by atoms with Crippen molar-refractivity contribution in [1.82, 2.24) is 5.32 Å². The van der Waals surface area contributed by atoms with Gasteiger partial charge < -0.3 is 0 Å². The Bertz CT molecular complexity index is 254. The third-order valence-electron chi connectivity index (χ3n) is 4.42. The van der Waals surface area contributed by atoms with Gasteiger partial charge in [0.1, 0.15) is 0 Å². The number of unbranched alkanes of at least 4 members (excludes halogenated alkanes) is 5. The van der Waals surface area contributed by atoms with Crippen LogP contribution in [0.3, 0.4) is 0 Å². The Balaban J connectivity index is 0. The molecule has 0 amide bonds. The summed E-state index contributed by atoms with van der Waals surface area (Å²) in [6, 6.07) is 0. The first-order valence-electron chi connectivity index (χ1n) is 8.19. The molecule has 0 bridgehead atoms. The first-order valence-corrected chi connectivity index (χ1v) is 11.0. The number of nitrogens with zero attached hydrogens (tertiary/aromatic N) is 2. The maximum atomic E-state index is 7.48. The molecule has 1 N–H and O–H groups in total. The Kier molecular flexibility index (Phi) is 17.5. The van der Waals surface area contributed by atoms with E-state index >= 15 is 0 Å². The van der Waals surface area contributed by atoms with Gasteiger partial charge in [-0.05, 0) is 0 Å². The molecule has 0 rings (SSSR count). The summed E-state index contributed by atoms with van der Waals surface area (Å²) in [4.78, 5) is 0. The van der Waals surface area contributed by atoms with Crippen LogP contribution in [0.5, 0.6) is 0 Å². The van der Waals surface area contributed by atoms with Crippen molar-refractivity contribution in [1.29, 1.82) is 10.5 Å². The number of nitrogens with one attached hydrogen (secondary N) is 1. The van der Waals surface area contributed by atoms with E-state index in [-0.39, 0.29) is 0 Å². The number of hydrogen-bond donors (Lipinski definition) is 1. The van der Waals surface area contributed by atoms with Crippen molar-refractivity contribution in [2.45, 2.75) is 66.2 Å². The zero-order valence-corrected chi connectivity index (χ0v) is 15.0. The quantitative estimate of drug-likeness (QED) is 0.275. The molecule has 0 saturated carbocycles. The van der Waals surface area contributed by atoms with Crippen molar-refractivity contribution >= 4 is 7.26 Å². The minimum Gasteiger partial charge on any atom is -0.229 e. The van der Waals surface area contributed by atoms with E-state index in [9.17, 15) is 0 Å². The summed E-state index contributed by atoms with van der Waals surface area (Å²) in [5.41, 5.74) is 0. The van der Waals surface area contributed by atoms with Crippen LogP contribution in [-0.4, -0.2) is 24.6 Å². The van der Waals surface area contributed by atoms with Crippen molar-refractivity contribution in [3.05, 3.63) is 0 Å². The Labute approximate surface area is 127 Å². The molecule has 0 aromatic rings.